The largest absolute Gasteiger partial charge is 0.497 e. The van der Waals surface area contributed by atoms with E-state index in [4.69, 9.17) is 10.6 Å². The second-order valence-electron chi connectivity index (χ2n) is 2.61. The fourth-order valence-corrected chi connectivity index (χ4v) is 1.18. The highest BCUT2D eigenvalue weighted by molar-refractivity contribution is 5.78. The minimum Gasteiger partial charge on any atom is -0.497 e. The summed E-state index contributed by atoms with van der Waals surface area (Å²) in [5, 5.41) is 0. The van der Waals surface area contributed by atoms with Gasteiger partial charge in [-0.1, -0.05) is 0 Å². The molecule has 0 fully saturated rings. The van der Waals surface area contributed by atoms with Crippen molar-refractivity contribution in [2.45, 2.75) is 0 Å². The van der Waals surface area contributed by atoms with Crippen molar-refractivity contribution >= 4 is 17.0 Å². The van der Waals surface area contributed by atoms with Crippen molar-refractivity contribution in [3.8, 4) is 5.75 Å². The van der Waals surface area contributed by atoms with Gasteiger partial charge in [-0.2, -0.15) is 0 Å². The topological polar surface area (TPSA) is 76.0 Å². The first-order chi connectivity index (χ1) is 6.33. The summed E-state index contributed by atoms with van der Waals surface area (Å²) in [5.74, 6) is 6.55. The molecule has 2 aromatic rings. The standard InChI is InChI=1S/C8H10N4O/c1-13-5-2-3-6-7(4-5)11-8(10-6)12-9/h2-4H,9H2,1H3,(H2,10,11,12). The van der Waals surface area contributed by atoms with E-state index in [1.807, 2.05) is 18.2 Å². The van der Waals surface area contributed by atoms with Crippen LogP contribution in [0, 0.1) is 0 Å². The number of nitrogens with two attached hydrogens (primary N) is 1. The lowest BCUT2D eigenvalue weighted by Gasteiger charge is -1.96. The number of H-pyrrole nitrogens is 1. The Morgan fingerprint density at radius 2 is 2.38 bits per heavy atom. The lowest BCUT2D eigenvalue weighted by Crippen LogP contribution is -2.07. The highest BCUT2D eigenvalue weighted by atomic mass is 16.5. The summed E-state index contributed by atoms with van der Waals surface area (Å²) in [6, 6.07) is 5.58. The molecule has 68 valence electrons. The maximum atomic E-state index is 5.21. The molecule has 0 bridgehead atoms. The molecule has 5 nitrogen and oxygen atoms in total. The van der Waals surface area contributed by atoms with E-state index >= 15 is 0 Å². The molecule has 2 rings (SSSR count). The Bertz CT molecular complexity index is 421. The van der Waals surface area contributed by atoms with E-state index in [1.165, 1.54) is 0 Å². The molecule has 0 amide bonds. The van der Waals surface area contributed by atoms with Gasteiger partial charge in [0.1, 0.15) is 5.75 Å². The third-order valence-corrected chi connectivity index (χ3v) is 1.83. The molecule has 0 saturated heterocycles. The van der Waals surface area contributed by atoms with Crippen LogP contribution in [-0.4, -0.2) is 17.1 Å². The summed E-state index contributed by atoms with van der Waals surface area (Å²) in [7, 11) is 1.62. The van der Waals surface area contributed by atoms with Crippen LogP contribution in [0.1, 0.15) is 0 Å². The Labute approximate surface area is 74.9 Å². The first kappa shape index (κ1) is 7.88. The van der Waals surface area contributed by atoms with Gasteiger partial charge in [-0.25, -0.2) is 10.8 Å². The molecule has 0 atom stereocenters. The molecule has 13 heavy (non-hydrogen) atoms. The quantitative estimate of drug-likeness (QED) is 0.471. The minimum absolute atomic E-state index is 0.545. The number of fused-ring (bicyclic) bond motifs is 1. The maximum Gasteiger partial charge on any atom is 0.215 e. The first-order valence-electron chi connectivity index (χ1n) is 3.84. The Balaban J connectivity index is 2.57. The van der Waals surface area contributed by atoms with Gasteiger partial charge in [0.15, 0.2) is 0 Å². The molecule has 0 aliphatic carbocycles. The molecular weight excluding hydrogens is 168 g/mol. The maximum absolute atomic E-state index is 5.21. The second-order valence-corrected chi connectivity index (χ2v) is 2.61. The van der Waals surface area contributed by atoms with E-state index in [2.05, 4.69) is 15.4 Å². The normalized spacial score (nSPS) is 10.3. The van der Waals surface area contributed by atoms with Crippen LogP contribution < -0.4 is 16.0 Å². The highest BCUT2D eigenvalue weighted by Crippen LogP contribution is 2.19. The van der Waals surface area contributed by atoms with Crippen molar-refractivity contribution in [1.82, 2.24) is 9.97 Å². The third kappa shape index (κ3) is 1.29. The fraction of sp³-hybridized carbons (Fsp3) is 0.125. The number of nitrogens with one attached hydrogen (secondary N) is 2. The van der Waals surface area contributed by atoms with Gasteiger partial charge in [-0.15, -0.1) is 0 Å². The van der Waals surface area contributed by atoms with Crippen molar-refractivity contribution in [1.29, 1.82) is 0 Å². The van der Waals surface area contributed by atoms with Gasteiger partial charge in [0.05, 0.1) is 18.1 Å². The molecular formula is C8H10N4O. The number of benzene rings is 1. The van der Waals surface area contributed by atoms with E-state index in [1.54, 1.807) is 7.11 Å². The van der Waals surface area contributed by atoms with Gasteiger partial charge in [-0.05, 0) is 12.1 Å². The van der Waals surface area contributed by atoms with Crippen LogP contribution in [0.5, 0.6) is 5.75 Å². The zero-order valence-corrected chi connectivity index (χ0v) is 7.16. The molecule has 0 aliphatic rings. The number of ether oxygens (including phenoxy) is 1. The average molecular weight is 178 g/mol. The monoisotopic (exact) mass is 178 g/mol. The van der Waals surface area contributed by atoms with Gasteiger partial charge in [-0.3, -0.25) is 5.43 Å². The van der Waals surface area contributed by atoms with E-state index < -0.39 is 0 Å². The summed E-state index contributed by atoms with van der Waals surface area (Å²) in [6.45, 7) is 0. The smallest absolute Gasteiger partial charge is 0.215 e. The number of hydrazine groups is 1. The molecule has 0 aliphatic heterocycles. The van der Waals surface area contributed by atoms with Gasteiger partial charge in [0, 0.05) is 6.07 Å². The van der Waals surface area contributed by atoms with Gasteiger partial charge < -0.3 is 9.72 Å². The molecule has 0 radical (unpaired) electrons. The van der Waals surface area contributed by atoms with E-state index in [0.717, 1.165) is 16.8 Å². The molecule has 5 heteroatoms. The predicted octanol–water partition coefficient (Wildman–Crippen LogP) is 0.857. The molecule has 1 aromatic heterocycles. The minimum atomic E-state index is 0.545. The second kappa shape index (κ2) is 2.95. The lowest BCUT2D eigenvalue weighted by molar-refractivity contribution is 0.415. The number of hydrogen-bond donors (Lipinski definition) is 3. The number of anilines is 1. The number of rotatable bonds is 2. The van der Waals surface area contributed by atoms with Gasteiger partial charge >= 0.3 is 0 Å². The SMILES string of the molecule is COc1ccc2nc(NN)[nH]c2c1. The number of aromatic nitrogens is 2. The Hall–Kier alpha value is -1.75. The highest BCUT2D eigenvalue weighted by Gasteiger charge is 2.01. The van der Waals surface area contributed by atoms with E-state index in [9.17, 15) is 0 Å². The van der Waals surface area contributed by atoms with Crippen LogP contribution in [0.4, 0.5) is 5.95 Å². The summed E-state index contributed by atoms with van der Waals surface area (Å²) in [5.41, 5.74) is 4.20. The summed E-state index contributed by atoms with van der Waals surface area (Å²) in [6.07, 6.45) is 0. The average Bonchev–Trinajstić information content (AvgIpc) is 2.58. The van der Waals surface area contributed by atoms with Crippen LogP contribution >= 0.6 is 0 Å². The van der Waals surface area contributed by atoms with Crippen molar-refractivity contribution in [3.05, 3.63) is 18.2 Å². The van der Waals surface area contributed by atoms with Crippen LogP contribution in [0.2, 0.25) is 0 Å². The summed E-state index contributed by atoms with van der Waals surface area (Å²) >= 11 is 0. The van der Waals surface area contributed by atoms with Crippen molar-refractivity contribution in [2.75, 3.05) is 12.5 Å². The predicted molar refractivity (Wildman–Crippen MR) is 50.5 cm³/mol. The Kier molecular flexibility index (Phi) is 1.79. The zero-order valence-electron chi connectivity index (χ0n) is 7.16. The number of nitrogens with zero attached hydrogens (tertiary/aromatic N) is 1. The van der Waals surface area contributed by atoms with Crippen LogP contribution in [0.3, 0.4) is 0 Å². The number of methoxy groups -OCH3 is 1. The lowest BCUT2D eigenvalue weighted by atomic mass is 10.3. The van der Waals surface area contributed by atoms with Crippen molar-refractivity contribution < 1.29 is 4.74 Å². The summed E-state index contributed by atoms with van der Waals surface area (Å²) in [4.78, 5) is 7.15. The molecule has 1 aromatic carbocycles. The fourth-order valence-electron chi connectivity index (χ4n) is 1.18. The third-order valence-electron chi connectivity index (χ3n) is 1.83. The number of hydrogen-bond acceptors (Lipinski definition) is 4. The van der Waals surface area contributed by atoms with Crippen molar-refractivity contribution in [2.24, 2.45) is 5.84 Å². The number of aromatic amines is 1. The Morgan fingerprint density at radius 1 is 1.54 bits per heavy atom. The molecule has 4 N–H and O–H groups in total. The van der Waals surface area contributed by atoms with Crippen molar-refractivity contribution in [3.63, 3.8) is 0 Å². The van der Waals surface area contributed by atoms with Crippen LogP contribution in [0.25, 0.3) is 11.0 Å². The van der Waals surface area contributed by atoms with E-state index in [-0.39, 0.29) is 0 Å². The number of imidazole rings is 1. The number of nitrogen functional groups attached to an aromatic ring is 1. The zero-order chi connectivity index (χ0) is 9.26. The molecule has 0 unspecified atom stereocenters. The van der Waals surface area contributed by atoms with Gasteiger partial charge in [0.25, 0.3) is 0 Å². The summed E-state index contributed by atoms with van der Waals surface area (Å²) < 4.78 is 5.07. The van der Waals surface area contributed by atoms with Crippen LogP contribution in [0.15, 0.2) is 18.2 Å². The molecule has 1 heterocycles. The molecule has 0 spiro atoms. The van der Waals surface area contributed by atoms with Gasteiger partial charge in [0.2, 0.25) is 5.95 Å². The van der Waals surface area contributed by atoms with E-state index in [0.29, 0.717) is 5.95 Å². The molecule has 0 saturated carbocycles. The first-order valence-corrected chi connectivity index (χ1v) is 3.84. The Morgan fingerprint density at radius 3 is 3.08 bits per heavy atom. The van der Waals surface area contributed by atoms with Crippen LogP contribution in [-0.2, 0) is 0 Å².